The van der Waals surface area contributed by atoms with Crippen LogP contribution in [0.15, 0.2) is 71.3 Å². The number of aryl methyl sites for hydroxylation is 1. The molecule has 0 fully saturated rings. The summed E-state index contributed by atoms with van der Waals surface area (Å²) in [6.45, 7) is 1.60. The summed E-state index contributed by atoms with van der Waals surface area (Å²) in [4.78, 5) is 41.5. The van der Waals surface area contributed by atoms with Crippen molar-refractivity contribution >= 4 is 34.4 Å². The van der Waals surface area contributed by atoms with Crippen LogP contribution in [0, 0.1) is 6.92 Å². The molecule has 0 saturated carbocycles. The van der Waals surface area contributed by atoms with Gasteiger partial charge in [0.25, 0.3) is 5.91 Å². The predicted octanol–water partition coefficient (Wildman–Crippen LogP) is 4.53. The van der Waals surface area contributed by atoms with Gasteiger partial charge in [0.15, 0.2) is 5.76 Å². The van der Waals surface area contributed by atoms with Crippen LogP contribution in [0.1, 0.15) is 42.5 Å². The highest BCUT2D eigenvalue weighted by atomic mass is 16.5. The minimum Gasteiger partial charge on any atom is -0.465 e. The summed E-state index contributed by atoms with van der Waals surface area (Å²) < 4.78 is 15.4. The Balaban J connectivity index is 1.49. The average Bonchev–Trinajstić information content (AvgIpc) is 3.38. The summed E-state index contributed by atoms with van der Waals surface area (Å²) in [5.41, 5.74) is 2.75. The first-order valence-electron chi connectivity index (χ1n) is 10.1. The summed E-state index contributed by atoms with van der Waals surface area (Å²) >= 11 is 0. The zero-order valence-corrected chi connectivity index (χ0v) is 18.0. The van der Waals surface area contributed by atoms with Gasteiger partial charge in [-0.25, -0.2) is 14.6 Å². The van der Waals surface area contributed by atoms with Gasteiger partial charge in [-0.15, -0.1) is 0 Å². The van der Waals surface area contributed by atoms with Gasteiger partial charge in [0.05, 0.1) is 35.7 Å². The van der Waals surface area contributed by atoms with E-state index in [9.17, 15) is 14.4 Å². The molecule has 0 aliphatic heterocycles. The highest BCUT2D eigenvalue weighted by Crippen LogP contribution is 2.24. The molecule has 2 heterocycles. The maximum absolute atomic E-state index is 12.6. The Morgan fingerprint density at radius 3 is 2.42 bits per heavy atom. The number of amides is 1. The lowest BCUT2D eigenvalue weighted by molar-refractivity contribution is 0.0455. The zero-order chi connectivity index (χ0) is 23.4. The number of rotatable bonds is 6. The Kier molecular flexibility index (Phi) is 6.17. The standard InChI is InChI=1S/C25H20N2O6/c1-15-18-6-3-4-7-19(18)27-20(22(15)25(30)31-2)14-33-24(29)16-9-11-17(12-10-16)26-23(28)21-8-5-13-32-21/h3-13H,14H2,1-2H3,(H,26,28). The summed E-state index contributed by atoms with van der Waals surface area (Å²) in [6, 6.07) is 16.8. The third kappa shape index (κ3) is 4.59. The maximum atomic E-state index is 12.6. The van der Waals surface area contributed by atoms with Gasteiger partial charge in [-0.3, -0.25) is 4.79 Å². The van der Waals surface area contributed by atoms with Gasteiger partial charge in [0, 0.05) is 11.1 Å². The fraction of sp³-hybridized carbons (Fsp3) is 0.120. The third-order valence-corrected chi connectivity index (χ3v) is 5.08. The van der Waals surface area contributed by atoms with E-state index in [0.717, 1.165) is 5.39 Å². The number of aromatic nitrogens is 1. The minimum absolute atomic E-state index is 0.179. The third-order valence-electron chi connectivity index (χ3n) is 5.08. The Morgan fingerprint density at radius 2 is 1.73 bits per heavy atom. The molecular formula is C25H20N2O6. The predicted molar refractivity (Wildman–Crippen MR) is 120 cm³/mol. The van der Waals surface area contributed by atoms with Crippen molar-refractivity contribution in [1.29, 1.82) is 0 Å². The van der Waals surface area contributed by atoms with E-state index >= 15 is 0 Å². The van der Waals surface area contributed by atoms with Crippen molar-refractivity contribution in [2.75, 3.05) is 12.4 Å². The maximum Gasteiger partial charge on any atom is 0.340 e. The second-order valence-electron chi connectivity index (χ2n) is 7.15. The normalized spacial score (nSPS) is 10.6. The Morgan fingerprint density at radius 1 is 0.970 bits per heavy atom. The van der Waals surface area contributed by atoms with Gasteiger partial charge in [0.1, 0.15) is 6.61 Å². The first-order chi connectivity index (χ1) is 16.0. The molecule has 0 spiro atoms. The molecule has 166 valence electrons. The van der Waals surface area contributed by atoms with Crippen molar-refractivity contribution in [1.82, 2.24) is 4.98 Å². The summed E-state index contributed by atoms with van der Waals surface area (Å²) in [5.74, 6) is -1.36. The molecule has 1 amide bonds. The van der Waals surface area contributed by atoms with E-state index in [4.69, 9.17) is 13.9 Å². The molecule has 0 aliphatic rings. The number of furan rings is 1. The van der Waals surface area contributed by atoms with Crippen LogP contribution in [-0.4, -0.2) is 29.9 Å². The number of hydrogen-bond acceptors (Lipinski definition) is 7. The number of nitrogens with zero attached hydrogens (tertiary/aromatic N) is 1. The number of esters is 2. The molecule has 2 aromatic heterocycles. The lowest BCUT2D eigenvalue weighted by Crippen LogP contribution is -2.14. The van der Waals surface area contributed by atoms with E-state index < -0.39 is 17.8 Å². The molecule has 0 radical (unpaired) electrons. The van der Waals surface area contributed by atoms with Gasteiger partial charge < -0.3 is 19.2 Å². The van der Waals surface area contributed by atoms with Crippen molar-refractivity contribution < 1.29 is 28.3 Å². The van der Waals surface area contributed by atoms with Crippen molar-refractivity contribution in [2.24, 2.45) is 0 Å². The van der Waals surface area contributed by atoms with E-state index in [1.165, 1.54) is 25.5 Å². The molecule has 0 bridgehead atoms. The zero-order valence-electron chi connectivity index (χ0n) is 18.0. The largest absolute Gasteiger partial charge is 0.465 e. The van der Waals surface area contributed by atoms with Crippen LogP contribution in [0.25, 0.3) is 10.9 Å². The molecular weight excluding hydrogens is 424 g/mol. The number of benzene rings is 2. The van der Waals surface area contributed by atoms with Crippen LogP contribution < -0.4 is 5.32 Å². The fourth-order valence-corrected chi connectivity index (χ4v) is 3.43. The fourth-order valence-electron chi connectivity index (χ4n) is 3.43. The van der Waals surface area contributed by atoms with Crippen molar-refractivity contribution in [3.8, 4) is 0 Å². The van der Waals surface area contributed by atoms with Crippen LogP contribution in [0.5, 0.6) is 0 Å². The van der Waals surface area contributed by atoms with Gasteiger partial charge >= 0.3 is 11.9 Å². The van der Waals surface area contributed by atoms with Crippen LogP contribution in [-0.2, 0) is 16.1 Å². The highest BCUT2D eigenvalue weighted by molar-refractivity contribution is 6.02. The summed E-state index contributed by atoms with van der Waals surface area (Å²) in [7, 11) is 1.29. The Labute approximate surface area is 189 Å². The van der Waals surface area contributed by atoms with Gasteiger partial charge in [-0.2, -0.15) is 0 Å². The molecule has 8 heteroatoms. The molecule has 4 aromatic rings. The van der Waals surface area contributed by atoms with Crippen molar-refractivity contribution in [2.45, 2.75) is 13.5 Å². The second-order valence-corrected chi connectivity index (χ2v) is 7.15. The Bertz CT molecular complexity index is 1330. The van der Waals surface area contributed by atoms with Crippen molar-refractivity contribution in [3.63, 3.8) is 0 Å². The van der Waals surface area contributed by atoms with Gasteiger partial charge in [-0.1, -0.05) is 18.2 Å². The number of para-hydroxylation sites is 1. The molecule has 8 nitrogen and oxygen atoms in total. The number of carbonyl (C=O) groups is 3. The van der Waals surface area contributed by atoms with E-state index in [1.807, 2.05) is 24.3 Å². The van der Waals surface area contributed by atoms with Crippen LogP contribution in [0.4, 0.5) is 5.69 Å². The first kappa shape index (κ1) is 21.8. The van der Waals surface area contributed by atoms with Gasteiger partial charge in [0.2, 0.25) is 0 Å². The molecule has 0 aliphatic carbocycles. The number of anilines is 1. The monoisotopic (exact) mass is 444 g/mol. The number of fused-ring (bicyclic) bond motifs is 1. The van der Waals surface area contributed by atoms with E-state index in [-0.39, 0.29) is 23.5 Å². The molecule has 1 N–H and O–H groups in total. The molecule has 0 atom stereocenters. The number of pyridine rings is 1. The second kappa shape index (κ2) is 9.35. The van der Waals surface area contributed by atoms with Crippen LogP contribution >= 0.6 is 0 Å². The number of methoxy groups -OCH3 is 1. The topological polar surface area (TPSA) is 108 Å². The number of ether oxygens (including phenoxy) is 2. The SMILES string of the molecule is COC(=O)c1c(COC(=O)c2ccc(NC(=O)c3ccco3)cc2)nc2ccccc2c1C. The van der Waals surface area contributed by atoms with Crippen LogP contribution in [0.2, 0.25) is 0 Å². The highest BCUT2D eigenvalue weighted by Gasteiger charge is 2.21. The van der Waals surface area contributed by atoms with E-state index in [0.29, 0.717) is 22.5 Å². The van der Waals surface area contributed by atoms with Gasteiger partial charge in [-0.05, 0) is 55.0 Å². The molecule has 0 saturated heterocycles. The lowest BCUT2D eigenvalue weighted by Gasteiger charge is -2.13. The average molecular weight is 444 g/mol. The minimum atomic E-state index is -0.595. The number of nitrogens with one attached hydrogen (secondary N) is 1. The van der Waals surface area contributed by atoms with E-state index in [2.05, 4.69) is 10.3 Å². The molecule has 2 aromatic carbocycles. The van der Waals surface area contributed by atoms with E-state index in [1.54, 1.807) is 31.2 Å². The molecule has 0 unspecified atom stereocenters. The summed E-state index contributed by atoms with van der Waals surface area (Å²) in [5, 5.41) is 3.49. The quantitative estimate of drug-likeness (QED) is 0.435. The molecule has 4 rings (SSSR count). The number of hydrogen-bond donors (Lipinski definition) is 1. The molecule has 33 heavy (non-hydrogen) atoms. The van der Waals surface area contributed by atoms with Crippen LogP contribution in [0.3, 0.4) is 0 Å². The lowest BCUT2D eigenvalue weighted by atomic mass is 10.0. The Hall–Kier alpha value is -4.46. The first-order valence-corrected chi connectivity index (χ1v) is 10.1. The van der Waals surface area contributed by atoms with Crippen molar-refractivity contribution in [3.05, 3.63) is 95.1 Å². The smallest absolute Gasteiger partial charge is 0.340 e. The number of carbonyl (C=O) groups excluding carboxylic acids is 3. The summed E-state index contributed by atoms with van der Waals surface area (Å²) in [6.07, 6.45) is 1.41.